The maximum atomic E-state index is 11.3. The van der Waals surface area contributed by atoms with Crippen LogP contribution in [0.3, 0.4) is 0 Å². The minimum absolute atomic E-state index is 0.0818. The summed E-state index contributed by atoms with van der Waals surface area (Å²) in [7, 11) is 0. The largest absolute Gasteiger partial charge is 0.456 e. The molecule has 0 aliphatic carbocycles. The second kappa shape index (κ2) is 5.13. The lowest BCUT2D eigenvalue weighted by atomic mass is 10.2. The average molecular weight is 279 g/mol. The molecule has 1 amide bonds. The Morgan fingerprint density at radius 3 is 2.85 bits per heavy atom. The third-order valence-electron chi connectivity index (χ3n) is 2.80. The summed E-state index contributed by atoms with van der Waals surface area (Å²) in [6.45, 7) is 3.56. The molecule has 0 bridgehead atoms. The molecule has 0 unspecified atom stereocenters. The number of aryl methyl sites for hydroxylation is 2. The van der Waals surface area contributed by atoms with E-state index >= 15 is 0 Å². The summed E-state index contributed by atoms with van der Waals surface area (Å²) in [5, 5.41) is 14.6. The number of nitro groups is 1. The van der Waals surface area contributed by atoms with Gasteiger partial charge in [0.25, 0.3) is 0 Å². The Kier molecular flexibility index (Phi) is 3.53. The molecule has 0 atom stereocenters. The first-order chi connectivity index (χ1) is 9.42. The molecule has 2 aromatic heterocycles. The van der Waals surface area contributed by atoms with E-state index in [0.717, 1.165) is 0 Å². The van der Waals surface area contributed by atoms with E-state index in [1.807, 2.05) is 5.43 Å². The van der Waals surface area contributed by atoms with Crippen molar-refractivity contribution in [1.82, 2.24) is 15.2 Å². The summed E-state index contributed by atoms with van der Waals surface area (Å²) in [6.07, 6.45) is 1.56. The zero-order chi connectivity index (χ0) is 14.9. The normalized spacial score (nSPS) is 10.6. The van der Waals surface area contributed by atoms with Crippen LogP contribution in [0.2, 0.25) is 0 Å². The van der Waals surface area contributed by atoms with Crippen LogP contribution in [-0.2, 0) is 6.54 Å². The van der Waals surface area contributed by atoms with Gasteiger partial charge in [0.1, 0.15) is 5.76 Å². The van der Waals surface area contributed by atoms with Crippen molar-refractivity contribution in [3.63, 3.8) is 0 Å². The molecule has 0 radical (unpaired) electrons. The maximum absolute atomic E-state index is 11.3. The number of nitrogens with two attached hydrogens (primary N) is 1. The molecule has 0 saturated heterocycles. The molecule has 106 valence electrons. The van der Waals surface area contributed by atoms with Gasteiger partial charge < -0.3 is 14.5 Å². The molecule has 3 N–H and O–H groups in total. The molecular weight excluding hydrogens is 266 g/mol. The molecule has 9 nitrogen and oxygen atoms in total. The first-order valence-electron chi connectivity index (χ1n) is 5.71. The highest BCUT2D eigenvalue weighted by Gasteiger charge is 2.19. The molecule has 0 aliphatic heterocycles. The summed E-state index contributed by atoms with van der Waals surface area (Å²) in [5.41, 5.74) is 3.13. The van der Waals surface area contributed by atoms with E-state index in [4.69, 9.17) is 10.3 Å². The number of nitrogens with one attached hydrogen (secondary N) is 1. The molecule has 2 rings (SSSR count). The monoisotopic (exact) mass is 279 g/mol. The van der Waals surface area contributed by atoms with Crippen LogP contribution in [0.15, 0.2) is 16.7 Å². The van der Waals surface area contributed by atoms with Crippen molar-refractivity contribution in [3.8, 4) is 0 Å². The molecule has 0 saturated carbocycles. The first kappa shape index (κ1) is 13.7. The molecule has 9 heteroatoms. The standard InChI is InChI=1S/C11H13N5O4/c1-6-4-15(14-10(6)16(18)19)5-8-3-9(11(17)13-12)20-7(8)2/h3-4H,5,12H2,1-2H3,(H,13,17). The Bertz CT molecular complexity index is 672. The van der Waals surface area contributed by atoms with Crippen molar-refractivity contribution in [3.05, 3.63) is 45.0 Å². The molecule has 0 spiro atoms. The van der Waals surface area contributed by atoms with Crippen LogP contribution in [0.25, 0.3) is 0 Å². The van der Waals surface area contributed by atoms with Gasteiger partial charge in [0.05, 0.1) is 23.4 Å². The van der Waals surface area contributed by atoms with Crippen molar-refractivity contribution in [1.29, 1.82) is 0 Å². The van der Waals surface area contributed by atoms with Gasteiger partial charge in [0.2, 0.25) is 0 Å². The van der Waals surface area contributed by atoms with E-state index in [0.29, 0.717) is 16.9 Å². The number of nitrogens with zero attached hydrogens (tertiary/aromatic N) is 3. The fraction of sp³-hybridized carbons (Fsp3) is 0.273. The van der Waals surface area contributed by atoms with Crippen molar-refractivity contribution in [2.45, 2.75) is 20.4 Å². The van der Waals surface area contributed by atoms with E-state index in [1.165, 1.54) is 10.7 Å². The number of nitrogen functional groups attached to an aromatic ring is 1. The van der Waals surface area contributed by atoms with Crippen molar-refractivity contribution >= 4 is 11.7 Å². The minimum atomic E-state index is -0.540. The average Bonchev–Trinajstić information content (AvgIpc) is 2.93. The molecule has 0 fully saturated rings. The smallest absolute Gasteiger partial charge is 0.392 e. The van der Waals surface area contributed by atoms with E-state index in [2.05, 4.69) is 5.10 Å². The SMILES string of the molecule is Cc1cn(Cc2cc(C(=O)NN)oc2C)nc1[N+](=O)[O-]. The van der Waals surface area contributed by atoms with Crippen LogP contribution in [0.5, 0.6) is 0 Å². The number of hydrazine groups is 1. The number of hydrogen-bond acceptors (Lipinski definition) is 6. The van der Waals surface area contributed by atoms with E-state index in [1.54, 1.807) is 20.0 Å². The number of carbonyl (C=O) groups excluding carboxylic acids is 1. The molecular formula is C11H13N5O4. The number of aromatic nitrogens is 2. The van der Waals surface area contributed by atoms with Crippen LogP contribution in [0.1, 0.15) is 27.4 Å². The minimum Gasteiger partial charge on any atom is -0.456 e. The molecule has 2 aromatic rings. The zero-order valence-corrected chi connectivity index (χ0v) is 10.9. The number of furan rings is 1. The van der Waals surface area contributed by atoms with Crippen LogP contribution in [0.4, 0.5) is 5.82 Å². The number of amides is 1. The van der Waals surface area contributed by atoms with Crippen molar-refractivity contribution in [2.75, 3.05) is 0 Å². The quantitative estimate of drug-likeness (QED) is 0.366. The molecule has 2 heterocycles. The number of carbonyl (C=O) groups is 1. The Labute approximate surface area is 113 Å². The van der Waals surface area contributed by atoms with Crippen molar-refractivity contribution in [2.24, 2.45) is 5.84 Å². The van der Waals surface area contributed by atoms with Crippen LogP contribution < -0.4 is 11.3 Å². The highest BCUT2D eigenvalue weighted by Crippen LogP contribution is 2.18. The predicted octanol–water partition coefficient (Wildman–Crippen LogP) is 0.653. The lowest BCUT2D eigenvalue weighted by molar-refractivity contribution is -0.390. The van der Waals surface area contributed by atoms with E-state index < -0.39 is 10.8 Å². The van der Waals surface area contributed by atoms with Gasteiger partial charge >= 0.3 is 11.7 Å². The summed E-state index contributed by atoms with van der Waals surface area (Å²) in [4.78, 5) is 21.5. The van der Waals surface area contributed by atoms with Gasteiger partial charge in [-0.05, 0) is 24.8 Å². The highest BCUT2D eigenvalue weighted by atomic mass is 16.6. The fourth-order valence-electron chi connectivity index (χ4n) is 1.81. The van der Waals surface area contributed by atoms with E-state index in [-0.39, 0.29) is 18.1 Å². The van der Waals surface area contributed by atoms with Gasteiger partial charge in [-0.1, -0.05) is 0 Å². The summed E-state index contributed by atoms with van der Waals surface area (Å²) >= 11 is 0. The van der Waals surface area contributed by atoms with Gasteiger partial charge in [-0.3, -0.25) is 10.2 Å². The van der Waals surface area contributed by atoms with Gasteiger partial charge in [-0.2, -0.15) is 4.68 Å². The second-order valence-corrected chi connectivity index (χ2v) is 4.26. The number of hydrogen-bond donors (Lipinski definition) is 2. The fourth-order valence-corrected chi connectivity index (χ4v) is 1.81. The molecule has 0 aliphatic rings. The Morgan fingerprint density at radius 1 is 1.60 bits per heavy atom. The summed E-state index contributed by atoms with van der Waals surface area (Å²) in [6, 6.07) is 1.53. The Morgan fingerprint density at radius 2 is 2.30 bits per heavy atom. The van der Waals surface area contributed by atoms with Gasteiger partial charge in [0, 0.05) is 5.56 Å². The van der Waals surface area contributed by atoms with Gasteiger partial charge in [0.15, 0.2) is 5.76 Å². The second-order valence-electron chi connectivity index (χ2n) is 4.26. The number of rotatable bonds is 4. The summed E-state index contributed by atoms with van der Waals surface area (Å²) in [5.74, 6) is 4.90. The highest BCUT2D eigenvalue weighted by molar-refractivity contribution is 5.91. The lowest BCUT2D eigenvalue weighted by Gasteiger charge is -1.94. The van der Waals surface area contributed by atoms with Crippen LogP contribution in [0, 0.1) is 24.0 Å². The summed E-state index contributed by atoms with van der Waals surface area (Å²) < 4.78 is 6.68. The third kappa shape index (κ3) is 2.52. The van der Waals surface area contributed by atoms with Gasteiger partial charge in [-0.15, -0.1) is 0 Å². The topological polar surface area (TPSA) is 129 Å². The molecule has 20 heavy (non-hydrogen) atoms. The lowest BCUT2D eigenvalue weighted by Crippen LogP contribution is -2.29. The third-order valence-corrected chi connectivity index (χ3v) is 2.80. The predicted molar refractivity (Wildman–Crippen MR) is 67.8 cm³/mol. The van der Waals surface area contributed by atoms with Crippen LogP contribution in [-0.4, -0.2) is 20.6 Å². The van der Waals surface area contributed by atoms with Gasteiger partial charge in [-0.25, -0.2) is 5.84 Å². The van der Waals surface area contributed by atoms with Crippen LogP contribution >= 0.6 is 0 Å². The van der Waals surface area contributed by atoms with E-state index in [9.17, 15) is 14.9 Å². The zero-order valence-electron chi connectivity index (χ0n) is 10.9. The Balaban J connectivity index is 2.26. The first-order valence-corrected chi connectivity index (χ1v) is 5.71. The maximum Gasteiger partial charge on any atom is 0.392 e. The molecule has 0 aromatic carbocycles. The Hall–Kier alpha value is -2.68. The van der Waals surface area contributed by atoms with Crippen molar-refractivity contribution < 1.29 is 14.1 Å².